The van der Waals surface area contributed by atoms with Crippen LogP contribution in [0.25, 0.3) is 0 Å². The van der Waals surface area contributed by atoms with E-state index in [-0.39, 0.29) is 5.56 Å². The van der Waals surface area contributed by atoms with Crippen LogP contribution in [0.15, 0.2) is 12.1 Å². The predicted molar refractivity (Wildman–Crippen MR) is 65.2 cm³/mol. The molecule has 0 fully saturated rings. The molecule has 0 bridgehead atoms. The summed E-state index contributed by atoms with van der Waals surface area (Å²) in [5.41, 5.74) is -1.52. The molecule has 0 aliphatic carbocycles. The Kier molecular flexibility index (Phi) is 5.06. The van der Waals surface area contributed by atoms with Crippen molar-refractivity contribution in [3.05, 3.63) is 28.3 Å². The lowest BCUT2D eigenvalue weighted by Crippen LogP contribution is -2.20. The topological polar surface area (TPSA) is 94.8 Å². The van der Waals surface area contributed by atoms with E-state index in [0.717, 1.165) is 6.07 Å². The third-order valence-electron chi connectivity index (χ3n) is 2.68. The number of carboxylic acid groups (broad SMARTS) is 2. The molecular formula is C12H10ClF3O5. The van der Waals surface area contributed by atoms with Gasteiger partial charge in [0.2, 0.25) is 0 Å². The summed E-state index contributed by atoms with van der Waals surface area (Å²) in [5, 5.41) is 26.2. The maximum Gasteiger partial charge on any atom is 0.420 e. The van der Waals surface area contributed by atoms with Gasteiger partial charge in [-0.15, -0.1) is 0 Å². The zero-order valence-corrected chi connectivity index (χ0v) is 11.1. The average Bonchev–Trinajstić information content (AvgIpc) is 2.30. The Labute approximate surface area is 121 Å². The number of carbonyl (C=O) groups is 2. The van der Waals surface area contributed by atoms with Gasteiger partial charge in [0.05, 0.1) is 22.9 Å². The van der Waals surface area contributed by atoms with E-state index in [4.69, 9.17) is 21.8 Å². The lowest BCUT2D eigenvalue weighted by Gasteiger charge is -2.14. The molecule has 1 aromatic carbocycles. The van der Waals surface area contributed by atoms with Crippen molar-refractivity contribution in [1.82, 2.24) is 0 Å². The number of aliphatic carboxylic acids is 2. The number of carboxylic acids is 2. The number of benzene rings is 1. The first-order valence-electron chi connectivity index (χ1n) is 5.55. The third-order valence-corrected chi connectivity index (χ3v) is 2.97. The monoisotopic (exact) mass is 326 g/mol. The summed E-state index contributed by atoms with van der Waals surface area (Å²) in [4.78, 5) is 21.4. The summed E-state index contributed by atoms with van der Waals surface area (Å²) in [5.74, 6) is -5.39. The van der Waals surface area contributed by atoms with Gasteiger partial charge in [0.25, 0.3) is 0 Å². The van der Waals surface area contributed by atoms with Crippen LogP contribution in [-0.4, -0.2) is 27.3 Å². The molecule has 9 heteroatoms. The number of phenols is 1. The first-order valence-corrected chi connectivity index (χ1v) is 5.93. The summed E-state index contributed by atoms with van der Waals surface area (Å²) >= 11 is 5.48. The van der Waals surface area contributed by atoms with Crippen LogP contribution in [0.3, 0.4) is 0 Å². The van der Waals surface area contributed by atoms with Crippen molar-refractivity contribution in [2.45, 2.75) is 19.0 Å². The van der Waals surface area contributed by atoms with Gasteiger partial charge >= 0.3 is 18.1 Å². The predicted octanol–water partition coefficient (Wildman–Crippen LogP) is 2.78. The van der Waals surface area contributed by atoms with Crippen molar-refractivity contribution < 1.29 is 38.1 Å². The summed E-state index contributed by atoms with van der Waals surface area (Å²) < 4.78 is 38.1. The molecule has 0 saturated carbocycles. The van der Waals surface area contributed by atoms with Crippen LogP contribution in [0.2, 0.25) is 5.02 Å². The Bertz CT molecular complexity index is 571. The Morgan fingerprint density at radius 3 is 2.24 bits per heavy atom. The van der Waals surface area contributed by atoms with E-state index in [1.165, 1.54) is 0 Å². The Morgan fingerprint density at radius 1 is 1.24 bits per heavy atom. The molecule has 21 heavy (non-hydrogen) atoms. The summed E-state index contributed by atoms with van der Waals surface area (Å²) in [7, 11) is 0. The van der Waals surface area contributed by atoms with Crippen molar-refractivity contribution >= 4 is 23.5 Å². The van der Waals surface area contributed by atoms with Crippen molar-refractivity contribution in [2.75, 3.05) is 0 Å². The highest BCUT2D eigenvalue weighted by Gasteiger charge is 2.35. The number of rotatable bonds is 5. The number of hydrogen-bond acceptors (Lipinski definition) is 3. The number of hydrogen-bond donors (Lipinski definition) is 3. The van der Waals surface area contributed by atoms with E-state index < -0.39 is 53.2 Å². The molecule has 1 rings (SSSR count). The van der Waals surface area contributed by atoms with Crippen LogP contribution >= 0.6 is 11.6 Å². The van der Waals surface area contributed by atoms with Gasteiger partial charge in [0.1, 0.15) is 5.75 Å². The van der Waals surface area contributed by atoms with Crippen LogP contribution in [0.1, 0.15) is 17.5 Å². The van der Waals surface area contributed by atoms with Crippen LogP contribution in [0.4, 0.5) is 13.2 Å². The molecule has 0 aliphatic rings. The molecule has 1 atom stereocenters. The molecule has 0 saturated heterocycles. The highest BCUT2D eigenvalue weighted by molar-refractivity contribution is 6.32. The van der Waals surface area contributed by atoms with Gasteiger partial charge in [-0.25, -0.2) is 0 Å². The van der Waals surface area contributed by atoms with Gasteiger partial charge < -0.3 is 15.3 Å². The molecule has 0 radical (unpaired) electrons. The maximum absolute atomic E-state index is 12.7. The third kappa shape index (κ3) is 4.52. The normalized spacial score (nSPS) is 13.0. The van der Waals surface area contributed by atoms with Gasteiger partial charge in [0.15, 0.2) is 0 Å². The molecule has 0 spiro atoms. The van der Waals surface area contributed by atoms with Crippen LogP contribution in [0.5, 0.6) is 5.75 Å². The highest BCUT2D eigenvalue weighted by Crippen LogP contribution is 2.40. The molecular weight excluding hydrogens is 317 g/mol. The van der Waals surface area contributed by atoms with Gasteiger partial charge in [-0.3, -0.25) is 9.59 Å². The Balaban J connectivity index is 3.16. The minimum Gasteiger partial charge on any atom is -0.506 e. The molecule has 116 valence electrons. The minimum atomic E-state index is -4.87. The standard InChI is InChI=1S/C12H10ClF3O5/c13-8-3-5(1-6(11(20)21)4-9(17)18)2-7(10(8)19)12(14,15)16/h2-3,6,19H,1,4H2,(H,17,18)(H,20,21)/t6-/m0/s1. The largest absolute Gasteiger partial charge is 0.506 e. The minimum absolute atomic E-state index is 0.126. The molecule has 0 heterocycles. The second-order valence-corrected chi connectivity index (χ2v) is 4.72. The smallest absolute Gasteiger partial charge is 0.420 e. The van der Waals surface area contributed by atoms with Crippen molar-refractivity contribution in [1.29, 1.82) is 0 Å². The fourth-order valence-electron chi connectivity index (χ4n) is 1.73. The van der Waals surface area contributed by atoms with Gasteiger partial charge in [0, 0.05) is 0 Å². The van der Waals surface area contributed by atoms with Crippen molar-refractivity contribution in [3.63, 3.8) is 0 Å². The van der Waals surface area contributed by atoms with Crippen LogP contribution in [0, 0.1) is 5.92 Å². The SMILES string of the molecule is O=C(O)C[C@H](Cc1cc(Cl)c(O)c(C(F)(F)F)c1)C(=O)O. The van der Waals surface area contributed by atoms with Crippen molar-refractivity contribution in [3.8, 4) is 5.75 Å². The second kappa shape index (κ2) is 6.21. The molecule has 5 nitrogen and oxygen atoms in total. The van der Waals surface area contributed by atoms with E-state index in [1.807, 2.05) is 0 Å². The number of aromatic hydroxyl groups is 1. The molecule has 0 amide bonds. The van der Waals surface area contributed by atoms with E-state index in [9.17, 15) is 27.9 Å². The average molecular weight is 327 g/mol. The fraction of sp³-hybridized carbons (Fsp3) is 0.333. The first kappa shape index (κ1) is 17.1. The Hall–Kier alpha value is -1.96. The summed E-state index contributed by atoms with van der Waals surface area (Å²) in [6.07, 6.45) is -6.06. The maximum atomic E-state index is 12.7. The first-order chi connectivity index (χ1) is 9.52. The second-order valence-electron chi connectivity index (χ2n) is 4.31. The molecule has 3 N–H and O–H groups in total. The van der Waals surface area contributed by atoms with Crippen LogP contribution < -0.4 is 0 Å². The molecule has 0 unspecified atom stereocenters. The number of phenolic OH excluding ortho intramolecular Hbond substituents is 1. The van der Waals surface area contributed by atoms with Crippen LogP contribution in [-0.2, 0) is 22.2 Å². The number of halogens is 4. The highest BCUT2D eigenvalue weighted by atomic mass is 35.5. The van der Waals surface area contributed by atoms with Gasteiger partial charge in [-0.2, -0.15) is 13.2 Å². The van der Waals surface area contributed by atoms with E-state index in [0.29, 0.717) is 6.07 Å². The Morgan fingerprint density at radius 2 is 1.81 bits per heavy atom. The fourth-order valence-corrected chi connectivity index (χ4v) is 1.97. The zero-order chi connectivity index (χ0) is 16.4. The molecule has 1 aromatic rings. The van der Waals surface area contributed by atoms with Gasteiger partial charge in [-0.05, 0) is 24.1 Å². The number of alkyl halides is 3. The van der Waals surface area contributed by atoms with E-state index in [2.05, 4.69) is 0 Å². The summed E-state index contributed by atoms with van der Waals surface area (Å²) in [6.45, 7) is 0. The van der Waals surface area contributed by atoms with Crippen molar-refractivity contribution in [2.24, 2.45) is 5.92 Å². The lowest BCUT2D eigenvalue weighted by atomic mass is 9.95. The summed E-state index contributed by atoms with van der Waals surface area (Å²) in [6, 6.07) is 1.53. The van der Waals surface area contributed by atoms with E-state index in [1.54, 1.807) is 0 Å². The quantitative estimate of drug-likeness (QED) is 0.773. The molecule has 0 aliphatic heterocycles. The zero-order valence-electron chi connectivity index (χ0n) is 10.3. The molecule has 0 aromatic heterocycles. The van der Waals surface area contributed by atoms with E-state index >= 15 is 0 Å². The lowest BCUT2D eigenvalue weighted by molar-refractivity contribution is -0.148. The van der Waals surface area contributed by atoms with Gasteiger partial charge in [-0.1, -0.05) is 11.6 Å².